The predicted molar refractivity (Wildman–Crippen MR) is 43.9 cm³/mol. The third kappa shape index (κ3) is 3.69. The summed E-state index contributed by atoms with van der Waals surface area (Å²) in [7, 11) is 0. The van der Waals surface area contributed by atoms with Crippen LogP contribution in [0.25, 0.3) is 0 Å². The molecule has 1 aliphatic heterocycles. The highest BCUT2D eigenvalue weighted by atomic mass is 16.6. The van der Waals surface area contributed by atoms with Crippen LogP contribution in [0.2, 0.25) is 0 Å². The molecular weight excluding hydrogens is 158 g/mol. The molecule has 70 valence electrons. The molecule has 12 heavy (non-hydrogen) atoms. The zero-order valence-electron chi connectivity index (χ0n) is 7.34. The van der Waals surface area contributed by atoms with Crippen LogP contribution in [-0.4, -0.2) is 38.4 Å². The van der Waals surface area contributed by atoms with Gasteiger partial charge in [0.2, 0.25) is 0 Å². The van der Waals surface area contributed by atoms with Gasteiger partial charge in [-0.05, 0) is 13.0 Å². The molecule has 1 aliphatic rings. The molecule has 0 aromatic carbocycles. The highest BCUT2D eigenvalue weighted by molar-refractivity contribution is 5.65. The van der Waals surface area contributed by atoms with Gasteiger partial charge in [-0.25, -0.2) is 0 Å². The lowest BCUT2D eigenvalue weighted by Gasteiger charge is -2.09. The second-order valence-electron chi connectivity index (χ2n) is 2.83. The zero-order valence-corrected chi connectivity index (χ0v) is 7.34. The summed E-state index contributed by atoms with van der Waals surface area (Å²) < 4.78 is 10.1. The van der Waals surface area contributed by atoms with Gasteiger partial charge in [-0.15, -0.1) is 0 Å². The molecule has 1 fully saturated rings. The summed E-state index contributed by atoms with van der Waals surface area (Å²) in [5, 5.41) is 3.19. The molecule has 1 saturated heterocycles. The van der Waals surface area contributed by atoms with Crippen molar-refractivity contribution in [3.05, 3.63) is 0 Å². The first-order chi connectivity index (χ1) is 5.79. The largest absolute Gasteiger partial charge is 0.463 e. The van der Waals surface area contributed by atoms with E-state index in [0.29, 0.717) is 19.3 Å². The first kappa shape index (κ1) is 9.48. The van der Waals surface area contributed by atoms with Crippen molar-refractivity contribution in [2.45, 2.75) is 19.4 Å². The second kappa shape index (κ2) is 5.11. The standard InChI is InChI=1S/C8H15NO3/c1-7(10)11-4-5-12-8-2-3-9-6-8/h8-9H,2-6H2,1H3/t8-/m0/s1. The maximum absolute atomic E-state index is 10.3. The molecule has 0 unspecified atom stereocenters. The molecule has 0 aromatic rings. The van der Waals surface area contributed by atoms with Crippen LogP contribution < -0.4 is 5.32 Å². The maximum Gasteiger partial charge on any atom is 0.302 e. The lowest BCUT2D eigenvalue weighted by atomic mass is 10.3. The van der Waals surface area contributed by atoms with Crippen molar-refractivity contribution in [3.8, 4) is 0 Å². The smallest absolute Gasteiger partial charge is 0.302 e. The van der Waals surface area contributed by atoms with Gasteiger partial charge in [0.15, 0.2) is 0 Å². The number of carbonyl (C=O) groups is 1. The van der Waals surface area contributed by atoms with Gasteiger partial charge in [0.05, 0.1) is 12.7 Å². The van der Waals surface area contributed by atoms with Gasteiger partial charge in [-0.3, -0.25) is 4.79 Å². The van der Waals surface area contributed by atoms with E-state index < -0.39 is 0 Å². The Labute approximate surface area is 72.2 Å². The minimum atomic E-state index is -0.247. The minimum absolute atomic E-state index is 0.247. The van der Waals surface area contributed by atoms with Crippen LogP contribution in [-0.2, 0) is 14.3 Å². The number of esters is 1. The van der Waals surface area contributed by atoms with Gasteiger partial charge in [-0.1, -0.05) is 0 Å². The average Bonchev–Trinajstić information content (AvgIpc) is 2.49. The molecule has 0 aromatic heterocycles. The van der Waals surface area contributed by atoms with Crippen molar-refractivity contribution in [3.63, 3.8) is 0 Å². The van der Waals surface area contributed by atoms with Crippen molar-refractivity contribution >= 4 is 5.97 Å². The first-order valence-electron chi connectivity index (χ1n) is 4.24. The van der Waals surface area contributed by atoms with E-state index in [1.54, 1.807) is 0 Å². The summed E-state index contributed by atoms with van der Waals surface area (Å²) in [6.07, 6.45) is 1.36. The van der Waals surface area contributed by atoms with E-state index in [1.807, 2.05) is 0 Å². The molecule has 4 heteroatoms. The molecule has 1 rings (SSSR count). The van der Waals surface area contributed by atoms with Gasteiger partial charge < -0.3 is 14.8 Å². The van der Waals surface area contributed by atoms with E-state index in [9.17, 15) is 4.79 Å². The van der Waals surface area contributed by atoms with E-state index in [4.69, 9.17) is 9.47 Å². The van der Waals surface area contributed by atoms with Crippen molar-refractivity contribution in [2.24, 2.45) is 0 Å². The van der Waals surface area contributed by atoms with E-state index in [2.05, 4.69) is 5.32 Å². The van der Waals surface area contributed by atoms with Crippen LogP contribution in [0.4, 0.5) is 0 Å². The van der Waals surface area contributed by atoms with E-state index >= 15 is 0 Å². The van der Waals surface area contributed by atoms with E-state index in [0.717, 1.165) is 19.5 Å². The topological polar surface area (TPSA) is 47.6 Å². The Morgan fingerprint density at radius 2 is 2.42 bits per heavy atom. The Balaban J connectivity index is 1.91. The SMILES string of the molecule is CC(=O)OCCO[C@H]1CCNC1. The first-order valence-corrected chi connectivity index (χ1v) is 4.24. The third-order valence-corrected chi connectivity index (χ3v) is 1.76. The Morgan fingerprint density at radius 1 is 1.58 bits per heavy atom. The monoisotopic (exact) mass is 173 g/mol. The minimum Gasteiger partial charge on any atom is -0.463 e. The summed E-state index contributed by atoms with van der Waals surface area (Å²) in [6, 6.07) is 0. The molecule has 0 spiro atoms. The Kier molecular flexibility index (Phi) is 4.04. The quantitative estimate of drug-likeness (QED) is 0.477. The summed E-state index contributed by atoms with van der Waals surface area (Å²) in [5.41, 5.74) is 0. The van der Waals surface area contributed by atoms with Crippen LogP contribution in [0.15, 0.2) is 0 Å². The summed E-state index contributed by atoms with van der Waals surface area (Å²) in [6.45, 7) is 4.22. The number of carbonyl (C=O) groups excluding carboxylic acids is 1. The summed E-state index contributed by atoms with van der Waals surface area (Å²) >= 11 is 0. The normalized spacial score (nSPS) is 22.6. The Bertz CT molecular complexity index is 143. The van der Waals surface area contributed by atoms with Crippen molar-refractivity contribution in [2.75, 3.05) is 26.3 Å². The zero-order chi connectivity index (χ0) is 8.81. The van der Waals surface area contributed by atoms with E-state index in [1.165, 1.54) is 6.92 Å². The third-order valence-electron chi connectivity index (χ3n) is 1.76. The molecule has 4 nitrogen and oxygen atoms in total. The van der Waals surface area contributed by atoms with Gasteiger partial charge in [0.25, 0.3) is 0 Å². The predicted octanol–water partition coefficient (Wildman–Crippen LogP) is -0.0720. The fourth-order valence-electron chi connectivity index (χ4n) is 1.17. The van der Waals surface area contributed by atoms with Crippen molar-refractivity contribution < 1.29 is 14.3 Å². The van der Waals surface area contributed by atoms with Crippen LogP contribution in [0.1, 0.15) is 13.3 Å². The average molecular weight is 173 g/mol. The number of nitrogens with one attached hydrogen (secondary N) is 1. The van der Waals surface area contributed by atoms with Crippen molar-refractivity contribution in [1.29, 1.82) is 0 Å². The van der Waals surface area contributed by atoms with Crippen LogP contribution >= 0.6 is 0 Å². The van der Waals surface area contributed by atoms with E-state index in [-0.39, 0.29) is 5.97 Å². The van der Waals surface area contributed by atoms with Crippen molar-refractivity contribution in [1.82, 2.24) is 5.32 Å². The van der Waals surface area contributed by atoms with Gasteiger partial charge in [0.1, 0.15) is 6.61 Å². The molecule has 0 radical (unpaired) electrons. The Hall–Kier alpha value is -0.610. The molecule has 1 N–H and O–H groups in total. The fraction of sp³-hybridized carbons (Fsp3) is 0.875. The molecule has 0 saturated carbocycles. The van der Waals surface area contributed by atoms with Gasteiger partial charge in [0, 0.05) is 13.5 Å². The lowest BCUT2D eigenvalue weighted by Crippen LogP contribution is -2.19. The lowest BCUT2D eigenvalue weighted by molar-refractivity contribution is -0.143. The van der Waals surface area contributed by atoms with Crippen LogP contribution in [0.3, 0.4) is 0 Å². The number of ether oxygens (including phenoxy) is 2. The maximum atomic E-state index is 10.3. The highest BCUT2D eigenvalue weighted by Gasteiger charge is 2.13. The molecular formula is C8H15NO3. The molecule has 1 atom stereocenters. The summed E-state index contributed by atoms with van der Waals surface area (Å²) in [4.78, 5) is 10.3. The molecule has 1 heterocycles. The van der Waals surface area contributed by atoms with Crippen LogP contribution in [0, 0.1) is 0 Å². The second-order valence-corrected chi connectivity index (χ2v) is 2.83. The fourth-order valence-corrected chi connectivity index (χ4v) is 1.17. The van der Waals surface area contributed by atoms with Gasteiger partial charge in [-0.2, -0.15) is 0 Å². The van der Waals surface area contributed by atoms with Crippen LogP contribution in [0.5, 0.6) is 0 Å². The molecule has 0 aliphatic carbocycles. The number of hydrogen-bond donors (Lipinski definition) is 1. The number of hydrogen-bond acceptors (Lipinski definition) is 4. The van der Waals surface area contributed by atoms with Gasteiger partial charge >= 0.3 is 5.97 Å². The molecule has 0 bridgehead atoms. The summed E-state index contributed by atoms with van der Waals surface area (Å²) in [5.74, 6) is -0.247. The number of rotatable bonds is 4. The molecule has 0 amide bonds. The highest BCUT2D eigenvalue weighted by Crippen LogP contribution is 2.01. The Morgan fingerprint density at radius 3 is 3.00 bits per heavy atom.